The lowest BCUT2D eigenvalue weighted by Crippen LogP contribution is -1.87. The summed E-state index contributed by atoms with van der Waals surface area (Å²) in [6.45, 7) is 0. The van der Waals surface area contributed by atoms with Crippen molar-refractivity contribution >= 4 is 26.8 Å². The van der Waals surface area contributed by atoms with E-state index in [0.29, 0.717) is 0 Å². The van der Waals surface area contributed by atoms with Gasteiger partial charge in [0.15, 0.2) is 0 Å². The van der Waals surface area contributed by atoms with Crippen LogP contribution in [0.3, 0.4) is 0 Å². The Labute approximate surface area is 91.3 Å². The van der Waals surface area contributed by atoms with Gasteiger partial charge in [-0.25, -0.2) is 0 Å². The average Bonchev–Trinajstić information content (AvgIpc) is 3.01. The van der Waals surface area contributed by atoms with E-state index in [1.807, 2.05) is 12.1 Å². The summed E-state index contributed by atoms with van der Waals surface area (Å²) in [6, 6.07) is 10.5. The molecule has 1 aromatic heterocycles. The van der Waals surface area contributed by atoms with Crippen molar-refractivity contribution in [1.29, 1.82) is 0 Å². The Kier molecular flexibility index (Phi) is 1.84. The zero-order valence-corrected chi connectivity index (χ0v) is 9.29. The van der Waals surface area contributed by atoms with Gasteiger partial charge in [-0.1, -0.05) is 18.2 Å². The predicted molar refractivity (Wildman–Crippen MR) is 61.4 cm³/mol. The number of aromatic nitrogens is 1. The highest BCUT2D eigenvalue weighted by atomic mass is 79.9. The number of halogens is 1. The molecular formula is C12H10BrN. The molecule has 0 aliphatic heterocycles. The third-order valence-corrected chi connectivity index (χ3v) is 3.33. The van der Waals surface area contributed by atoms with Crippen molar-refractivity contribution in [3.63, 3.8) is 0 Å². The average molecular weight is 248 g/mol. The van der Waals surface area contributed by atoms with Crippen molar-refractivity contribution in [2.75, 3.05) is 0 Å². The third-order valence-electron chi connectivity index (χ3n) is 2.69. The lowest BCUT2D eigenvalue weighted by molar-refractivity contribution is 1.04. The molecule has 1 aromatic carbocycles. The van der Waals surface area contributed by atoms with Crippen LogP contribution in [0.1, 0.15) is 24.5 Å². The van der Waals surface area contributed by atoms with Gasteiger partial charge in [-0.15, -0.1) is 0 Å². The fourth-order valence-corrected chi connectivity index (χ4v) is 2.20. The van der Waals surface area contributed by atoms with Crippen molar-refractivity contribution in [2.24, 2.45) is 0 Å². The van der Waals surface area contributed by atoms with Gasteiger partial charge in [0.1, 0.15) is 0 Å². The Balaban J connectivity index is 2.25. The van der Waals surface area contributed by atoms with E-state index in [1.54, 1.807) is 0 Å². The highest BCUT2D eigenvalue weighted by Crippen LogP contribution is 2.39. The van der Waals surface area contributed by atoms with Crippen molar-refractivity contribution in [3.8, 4) is 0 Å². The van der Waals surface area contributed by atoms with Gasteiger partial charge in [-0.3, -0.25) is 4.98 Å². The first kappa shape index (κ1) is 8.42. The Hall–Kier alpha value is -0.890. The summed E-state index contributed by atoms with van der Waals surface area (Å²) in [5, 5.41) is 1.21. The molecule has 1 aliphatic rings. The smallest absolute Gasteiger partial charge is 0.0847 e. The molecule has 0 radical (unpaired) electrons. The summed E-state index contributed by atoms with van der Waals surface area (Å²) in [5.74, 6) is 0.728. The fourth-order valence-electron chi connectivity index (χ4n) is 1.73. The molecule has 3 rings (SSSR count). The van der Waals surface area contributed by atoms with Gasteiger partial charge in [0.25, 0.3) is 0 Å². The van der Waals surface area contributed by atoms with E-state index in [2.05, 4.69) is 39.1 Å². The fraction of sp³-hybridized carbons (Fsp3) is 0.250. The van der Waals surface area contributed by atoms with Crippen LogP contribution in [-0.4, -0.2) is 4.98 Å². The minimum absolute atomic E-state index is 0.728. The monoisotopic (exact) mass is 247 g/mol. The topological polar surface area (TPSA) is 12.9 Å². The highest BCUT2D eigenvalue weighted by Gasteiger charge is 2.24. The van der Waals surface area contributed by atoms with E-state index >= 15 is 0 Å². The third kappa shape index (κ3) is 1.34. The SMILES string of the molecule is Brc1cccc2ccc(C3CC3)nc12. The van der Waals surface area contributed by atoms with Crippen LogP contribution in [-0.2, 0) is 0 Å². The molecule has 2 heteroatoms. The number of benzene rings is 1. The van der Waals surface area contributed by atoms with Crippen molar-refractivity contribution in [3.05, 3.63) is 40.5 Å². The van der Waals surface area contributed by atoms with E-state index in [9.17, 15) is 0 Å². The highest BCUT2D eigenvalue weighted by molar-refractivity contribution is 9.10. The quantitative estimate of drug-likeness (QED) is 0.746. The molecule has 0 N–H and O–H groups in total. The van der Waals surface area contributed by atoms with E-state index in [-0.39, 0.29) is 0 Å². The molecule has 1 nitrogen and oxygen atoms in total. The molecule has 70 valence electrons. The number of hydrogen-bond acceptors (Lipinski definition) is 1. The first-order valence-corrected chi connectivity index (χ1v) is 5.69. The molecule has 0 bridgehead atoms. The second-order valence-corrected chi connectivity index (χ2v) is 4.68. The summed E-state index contributed by atoms with van der Waals surface area (Å²) < 4.78 is 1.09. The summed E-state index contributed by atoms with van der Waals surface area (Å²) >= 11 is 3.54. The Morgan fingerprint density at radius 1 is 1.14 bits per heavy atom. The van der Waals surface area contributed by atoms with Gasteiger partial charge < -0.3 is 0 Å². The van der Waals surface area contributed by atoms with Gasteiger partial charge in [0, 0.05) is 21.5 Å². The number of pyridine rings is 1. The van der Waals surface area contributed by atoms with Crippen molar-refractivity contribution in [2.45, 2.75) is 18.8 Å². The van der Waals surface area contributed by atoms with E-state index < -0.39 is 0 Å². The zero-order chi connectivity index (χ0) is 9.54. The molecule has 1 heterocycles. The maximum atomic E-state index is 4.69. The number of fused-ring (bicyclic) bond motifs is 1. The molecule has 2 aromatic rings. The maximum absolute atomic E-state index is 4.69. The largest absolute Gasteiger partial charge is 0.251 e. The summed E-state index contributed by atoms with van der Waals surface area (Å²) in [7, 11) is 0. The lowest BCUT2D eigenvalue weighted by Gasteiger charge is -2.02. The molecule has 1 aliphatic carbocycles. The van der Waals surface area contributed by atoms with E-state index in [4.69, 9.17) is 0 Å². The van der Waals surface area contributed by atoms with E-state index in [1.165, 1.54) is 23.9 Å². The summed E-state index contributed by atoms with van der Waals surface area (Å²) in [4.78, 5) is 4.69. The molecule has 0 spiro atoms. The number of hydrogen-bond donors (Lipinski definition) is 0. The van der Waals surface area contributed by atoms with Crippen LogP contribution >= 0.6 is 15.9 Å². The summed E-state index contributed by atoms with van der Waals surface area (Å²) in [5.41, 5.74) is 2.35. The Morgan fingerprint density at radius 2 is 2.00 bits per heavy atom. The second kappa shape index (κ2) is 3.06. The van der Waals surface area contributed by atoms with Gasteiger partial charge in [-0.05, 0) is 40.9 Å². The van der Waals surface area contributed by atoms with Crippen LogP contribution in [0, 0.1) is 0 Å². The first-order valence-electron chi connectivity index (χ1n) is 4.90. The molecule has 0 unspecified atom stereocenters. The molecular weight excluding hydrogens is 238 g/mol. The van der Waals surface area contributed by atoms with Crippen molar-refractivity contribution in [1.82, 2.24) is 4.98 Å². The summed E-state index contributed by atoms with van der Waals surface area (Å²) in [6.07, 6.45) is 2.62. The van der Waals surface area contributed by atoms with E-state index in [0.717, 1.165) is 15.9 Å². The normalized spacial score (nSPS) is 16.1. The molecule has 1 fully saturated rings. The van der Waals surface area contributed by atoms with Crippen LogP contribution in [0.2, 0.25) is 0 Å². The molecule has 0 atom stereocenters. The molecule has 0 saturated heterocycles. The van der Waals surface area contributed by atoms with Crippen LogP contribution in [0.25, 0.3) is 10.9 Å². The first-order chi connectivity index (χ1) is 6.84. The minimum Gasteiger partial charge on any atom is -0.251 e. The zero-order valence-electron chi connectivity index (χ0n) is 7.70. The number of rotatable bonds is 1. The van der Waals surface area contributed by atoms with Crippen LogP contribution in [0.5, 0.6) is 0 Å². The predicted octanol–water partition coefficient (Wildman–Crippen LogP) is 3.87. The van der Waals surface area contributed by atoms with Crippen LogP contribution in [0.4, 0.5) is 0 Å². The van der Waals surface area contributed by atoms with Gasteiger partial charge in [0.05, 0.1) is 5.52 Å². The maximum Gasteiger partial charge on any atom is 0.0847 e. The molecule has 1 saturated carbocycles. The van der Waals surface area contributed by atoms with Crippen LogP contribution < -0.4 is 0 Å². The lowest BCUT2D eigenvalue weighted by atomic mass is 10.2. The minimum atomic E-state index is 0.728. The number of nitrogens with zero attached hydrogens (tertiary/aromatic N) is 1. The standard InChI is InChI=1S/C12H10BrN/c13-10-3-1-2-9-6-7-11(8-4-5-8)14-12(9)10/h1-3,6-8H,4-5H2. The van der Waals surface area contributed by atoms with Gasteiger partial charge in [-0.2, -0.15) is 0 Å². The van der Waals surface area contributed by atoms with Gasteiger partial charge in [0.2, 0.25) is 0 Å². The number of para-hydroxylation sites is 1. The Bertz CT molecular complexity index is 489. The molecule has 0 amide bonds. The van der Waals surface area contributed by atoms with Crippen LogP contribution in [0.15, 0.2) is 34.8 Å². The molecule has 14 heavy (non-hydrogen) atoms. The Morgan fingerprint density at radius 3 is 2.79 bits per heavy atom. The van der Waals surface area contributed by atoms with Gasteiger partial charge >= 0.3 is 0 Å². The second-order valence-electron chi connectivity index (χ2n) is 3.82. The van der Waals surface area contributed by atoms with Crippen molar-refractivity contribution < 1.29 is 0 Å².